The van der Waals surface area contributed by atoms with Gasteiger partial charge in [0, 0.05) is 20.1 Å². The van der Waals surface area contributed by atoms with Crippen molar-refractivity contribution in [3.05, 3.63) is 0 Å². The Morgan fingerprint density at radius 1 is 1.09 bits per heavy atom. The summed E-state index contributed by atoms with van der Waals surface area (Å²) < 4.78 is 0. The molecule has 0 aromatic rings. The van der Waals surface area contributed by atoms with Crippen LogP contribution in [0.25, 0.3) is 0 Å². The number of hydrogen-bond donors (Lipinski definition) is 0. The van der Waals surface area contributed by atoms with Gasteiger partial charge in [0.05, 0.1) is 0 Å². The zero-order valence-electron chi connectivity index (χ0n) is 14.5. The van der Waals surface area contributed by atoms with Gasteiger partial charge in [-0.25, -0.2) is 4.79 Å². The summed E-state index contributed by atoms with van der Waals surface area (Å²) in [5, 5.41) is 0. The monoisotopic (exact) mass is 311 g/mol. The fraction of sp³-hybridized carbons (Fsp3) is 0.812. The lowest BCUT2D eigenvalue weighted by Crippen LogP contribution is -2.44. The summed E-state index contributed by atoms with van der Waals surface area (Å²) in [4.78, 5) is 40.3. The predicted molar refractivity (Wildman–Crippen MR) is 85.2 cm³/mol. The lowest BCUT2D eigenvalue weighted by molar-refractivity contribution is -0.136. The van der Waals surface area contributed by atoms with Crippen molar-refractivity contribution in [2.75, 3.05) is 33.2 Å². The predicted octanol–water partition coefficient (Wildman–Crippen LogP) is 1.80. The van der Waals surface area contributed by atoms with Crippen LogP contribution < -0.4 is 0 Å². The Hall–Kier alpha value is -1.59. The Morgan fingerprint density at radius 2 is 1.59 bits per heavy atom. The van der Waals surface area contributed by atoms with Crippen LogP contribution in [0.2, 0.25) is 0 Å². The number of carbonyl (C=O) groups is 3. The molecule has 0 N–H and O–H groups in total. The second-order valence-electron chi connectivity index (χ2n) is 6.86. The molecule has 0 aromatic carbocycles. The van der Waals surface area contributed by atoms with Crippen molar-refractivity contribution in [2.45, 2.75) is 40.5 Å². The first-order valence-corrected chi connectivity index (χ1v) is 8.05. The molecule has 1 aliphatic rings. The number of imide groups is 1. The highest BCUT2D eigenvalue weighted by Crippen LogP contribution is 2.11. The van der Waals surface area contributed by atoms with E-state index < -0.39 is 0 Å². The van der Waals surface area contributed by atoms with Gasteiger partial charge in [-0.2, -0.15) is 0 Å². The molecule has 126 valence electrons. The molecule has 0 aromatic heterocycles. The zero-order valence-corrected chi connectivity index (χ0v) is 14.5. The molecule has 1 heterocycles. The summed E-state index contributed by atoms with van der Waals surface area (Å²) in [6.45, 7) is 9.75. The SMILES string of the molecule is CC(C)CCN(CCC(C)C)C(=O)CN1C(=O)CN(C)C1=O. The summed E-state index contributed by atoms with van der Waals surface area (Å²) in [7, 11) is 1.57. The lowest BCUT2D eigenvalue weighted by Gasteiger charge is -2.26. The minimum Gasteiger partial charge on any atom is -0.341 e. The third-order valence-electron chi connectivity index (χ3n) is 3.83. The molecule has 0 unspecified atom stereocenters. The Kier molecular flexibility index (Phi) is 6.84. The molecule has 4 amide bonds. The molecular weight excluding hydrogens is 282 g/mol. The van der Waals surface area contributed by atoms with E-state index in [2.05, 4.69) is 27.7 Å². The fourth-order valence-electron chi connectivity index (χ4n) is 2.25. The van der Waals surface area contributed by atoms with Gasteiger partial charge in [-0.3, -0.25) is 14.5 Å². The van der Waals surface area contributed by atoms with Crippen LogP contribution in [0, 0.1) is 11.8 Å². The van der Waals surface area contributed by atoms with E-state index in [0.29, 0.717) is 24.9 Å². The molecule has 0 spiro atoms. The minimum atomic E-state index is -0.383. The summed E-state index contributed by atoms with van der Waals surface area (Å²) in [5.74, 6) is 0.581. The first-order valence-electron chi connectivity index (χ1n) is 8.05. The minimum absolute atomic E-state index is 0.0596. The molecule has 1 rings (SSSR count). The van der Waals surface area contributed by atoms with Crippen LogP contribution in [-0.4, -0.2) is 65.8 Å². The molecule has 0 radical (unpaired) electrons. The Morgan fingerprint density at radius 3 is 1.95 bits per heavy atom. The van der Waals surface area contributed by atoms with Crippen molar-refractivity contribution in [3.8, 4) is 0 Å². The Bertz CT molecular complexity index is 409. The molecule has 1 fully saturated rings. The van der Waals surface area contributed by atoms with Gasteiger partial charge >= 0.3 is 6.03 Å². The number of rotatable bonds is 8. The number of likely N-dealkylation sites (N-methyl/N-ethyl adjacent to an activating group) is 1. The summed E-state index contributed by atoms with van der Waals surface area (Å²) in [6, 6.07) is -0.383. The molecule has 0 atom stereocenters. The molecule has 1 saturated heterocycles. The molecule has 22 heavy (non-hydrogen) atoms. The first kappa shape index (κ1) is 18.5. The number of carbonyl (C=O) groups excluding carboxylic acids is 3. The molecular formula is C16H29N3O3. The van der Waals surface area contributed by atoms with Gasteiger partial charge in [0.2, 0.25) is 5.91 Å². The van der Waals surface area contributed by atoms with Crippen molar-refractivity contribution in [2.24, 2.45) is 11.8 Å². The highest BCUT2D eigenvalue weighted by atomic mass is 16.2. The summed E-state index contributed by atoms with van der Waals surface area (Å²) in [6.07, 6.45) is 1.84. The van der Waals surface area contributed by atoms with Crippen molar-refractivity contribution in [1.29, 1.82) is 0 Å². The Balaban J connectivity index is 2.65. The molecule has 0 bridgehead atoms. The van der Waals surface area contributed by atoms with Crippen LogP contribution in [-0.2, 0) is 9.59 Å². The molecule has 1 aliphatic heterocycles. The first-order chi connectivity index (χ1) is 10.2. The average Bonchev–Trinajstić information content (AvgIpc) is 2.64. The van der Waals surface area contributed by atoms with Crippen LogP contribution in [0.3, 0.4) is 0 Å². The van der Waals surface area contributed by atoms with Crippen LogP contribution in [0.15, 0.2) is 0 Å². The van der Waals surface area contributed by atoms with Crippen LogP contribution in [0.5, 0.6) is 0 Å². The number of hydrogen-bond acceptors (Lipinski definition) is 3. The van der Waals surface area contributed by atoms with Gasteiger partial charge in [0.25, 0.3) is 5.91 Å². The van der Waals surface area contributed by atoms with Crippen molar-refractivity contribution >= 4 is 17.8 Å². The van der Waals surface area contributed by atoms with Crippen molar-refractivity contribution in [1.82, 2.24) is 14.7 Å². The molecule has 6 nitrogen and oxygen atoms in total. The van der Waals surface area contributed by atoms with Gasteiger partial charge in [-0.05, 0) is 24.7 Å². The van der Waals surface area contributed by atoms with Crippen molar-refractivity contribution in [3.63, 3.8) is 0 Å². The normalized spacial score (nSPS) is 15.4. The van der Waals surface area contributed by atoms with Gasteiger partial charge in [0.1, 0.15) is 13.1 Å². The van der Waals surface area contributed by atoms with E-state index in [1.807, 2.05) is 0 Å². The fourth-order valence-corrected chi connectivity index (χ4v) is 2.25. The van der Waals surface area contributed by atoms with E-state index in [1.54, 1.807) is 11.9 Å². The van der Waals surface area contributed by atoms with Crippen LogP contribution in [0.4, 0.5) is 4.79 Å². The zero-order chi connectivity index (χ0) is 16.9. The Labute approximate surface area is 133 Å². The lowest BCUT2D eigenvalue weighted by atomic mass is 10.1. The maximum absolute atomic E-state index is 12.5. The third kappa shape index (κ3) is 5.31. The van der Waals surface area contributed by atoms with E-state index in [4.69, 9.17) is 0 Å². The van der Waals surface area contributed by atoms with E-state index in [-0.39, 0.29) is 30.9 Å². The quantitative estimate of drug-likeness (QED) is 0.642. The van der Waals surface area contributed by atoms with E-state index in [1.165, 1.54) is 4.90 Å². The highest BCUT2D eigenvalue weighted by Gasteiger charge is 2.35. The molecule has 0 aliphatic carbocycles. The van der Waals surface area contributed by atoms with E-state index in [9.17, 15) is 14.4 Å². The molecule has 6 heteroatoms. The maximum Gasteiger partial charge on any atom is 0.327 e. The van der Waals surface area contributed by atoms with Gasteiger partial charge < -0.3 is 9.80 Å². The van der Waals surface area contributed by atoms with Crippen LogP contribution >= 0.6 is 0 Å². The van der Waals surface area contributed by atoms with Gasteiger partial charge in [0.15, 0.2) is 0 Å². The van der Waals surface area contributed by atoms with Crippen molar-refractivity contribution < 1.29 is 14.4 Å². The summed E-state index contributed by atoms with van der Waals surface area (Å²) in [5.41, 5.74) is 0. The summed E-state index contributed by atoms with van der Waals surface area (Å²) >= 11 is 0. The van der Waals surface area contributed by atoms with Gasteiger partial charge in [-0.1, -0.05) is 27.7 Å². The maximum atomic E-state index is 12.5. The second-order valence-corrected chi connectivity index (χ2v) is 6.86. The van der Waals surface area contributed by atoms with Gasteiger partial charge in [-0.15, -0.1) is 0 Å². The smallest absolute Gasteiger partial charge is 0.327 e. The molecule has 0 saturated carbocycles. The largest absolute Gasteiger partial charge is 0.341 e. The van der Waals surface area contributed by atoms with Crippen LogP contribution in [0.1, 0.15) is 40.5 Å². The number of urea groups is 1. The second kappa shape index (κ2) is 8.15. The van der Waals surface area contributed by atoms with E-state index >= 15 is 0 Å². The topological polar surface area (TPSA) is 60.9 Å². The standard InChI is InChI=1S/C16H29N3O3/c1-12(2)6-8-18(9-7-13(3)4)14(20)11-19-15(21)10-17(5)16(19)22/h12-13H,6-11H2,1-5H3. The third-order valence-corrected chi connectivity index (χ3v) is 3.83. The number of nitrogens with zero attached hydrogens (tertiary/aromatic N) is 3. The average molecular weight is 311 g/mol. The highest BCUT2D eigenvalue weighted by molar-refractivity contribution is 6.04. The van der Waals surface area contributed by atoms with E-state index in [0.717, 1.165) is 17.7 Å². The number of amides is 4.